The van der Waals surface area contributed by atoms with Crippen molar-refractivity contribution >= 4 is 23.0 Å². The van der Waals surface area contributed by atoms with E-state index in [1.807, 2.05) is 0 Å². The molecule has 1 saturated heterocycles. The van der Waals surface area contributed by atoms with Crippen LogP contribution in [-0.2, 0) is 0 Å². The number of nitrogens with zero attached hydrogens (tertiary/aromatic N) is 3. The standard InChI is InChI=1S/C21H21FN4O2/c22-15-9-3-4-10-16(15)23-20(27)18-17-11-5-8-14-26(17)19(24-18)21(28)25-12-6-1-2-7-13-25/h3-5,8-11,14H,1-2,6-7,12-13H2,(H,23,27). The van der Waals surface area contributed by atoms with Gasteiger partial charge in [0.25, 0.3) is 11.8 Å². The smallest absolute Gasteiger partial charge is 0.290 e. The van der Waals surface area contributed by atoms with Gasteiger partial charge < -0.3 is 10.2 Å². The van der Waals surface area contributed by atoms with E-state index >= 15 is 0 Å². The van der Waals surface area contributed by atoms with Gasteiger partial charge in [-0.25, -0.2) is 9.37 Å². The molecular formula is C21H21FN4O2. The topological polar surface area (TPSA) is 66.7 Å². The fraction of sp³-hybridized carbons (Fsp3) is 0.286. The molecule has 0 spiro atoms. The summed E-state index contributed by atoms with van der Waals surface area (Å²) in [5.41, 5.74) is 0.682. The molecule has 1 aliphatic rings. The van der Waals surface area contributed by atoms with Gasteiger partial charge in [0, 0.05) is 19.3 Å². The normalized spacial score (nSPS) is 14.7. The number of halogens is 1. The van der Waals surface area contributed by atoms with Crippen LogP contribution < -0.4 is 5.32 Å². The molecule has 4 rings (SSSR count). The molecule has 1 aromatic carbocycles. The van der Waals surface area contributed by atoms with Crippen LogP contribution in [0.15, 0.2) is 48.7 Å². The lowest BCUT2D eigenvalue weighted by Gasteiger charge is -2.19. The Hall–Kier alpha value is -3.22. The Balaban J connectivity index is 1.69. The zero-order valence-electron chi connectivity index (χ0n) is 15.4. The number of nitrogens with one attached hydrogen (secondary N) is 1. The van der Waals surface area contributed by atoms with Gasteiger partial charge in [-0.3, -0.25) is 14.0 Å². The number of imidazole rings is 1. The minimum absolute atomic E-state index is 0.0741. The van der Waals surface area contributed by atoms with Gasteiger partial charge in [-0.05, 0) is 37.1 Å². The van der Waals surface area contributed by atoms with Gasteiger partial charge in [0.15, 0.2) is 5.69 Å². The largest absolute Gasteiger partial charge is 0.336 e. The molecule has 1 aliphatic heterocycles. The lowest BCUT2D eigenvalue weighted by atomic mass is 10.2. The number of para-hydroxylation sites is 1. The zero-order valence-corrected chi connectivity index (χ0v) is 15.4. The van der Waals surface area contributed by atoms with Gasteiger partial charge in [-0.2, -0.15) is 0 Å². The Bertz CT molecular complexity index is 1020. The van der Waals surface area contributed by atoms with Crippen LogP contribution in [-0.4, -0.2) is 39.2 Å². The number of fused-ring (bicyclic) bond motifs is 1. The molecule has 2 amide bonds. The van der Waals surface area contributed by atoms with E-state index in [1.165, 1.54) is 12.1 Å². The van der Waals surface area contributed by atoms with Crippen molar-refractivity contribution in [1.29, 1.82) is 0 Å². The lowest BCUT2D eigenvalue weighted by molar-refractivity contribution is 0.0748. The van der Waals surface area contributed by atoms with Gasteiger partial charge >= 0.3 is 0 Å². The summed E-state index contributed by atoms with van der Waals surface area (Å²) < 4.78 is 15.5. The Morgan fingerprint density at radius 2 is 1.68 bits per heavy atom. The average Bonchev–Trinajstić information content (AvgIpc) is 2.89. The first kappa shape index (κ1) is 18.2. The van der Waals surface area contributed by atoms with Crippen LogP contribution in [0.2, 0.25) is 0 Å². The summed E-state index contributed by atoms with van der Waals surface area (Å²) in [5, 5.41) is 2.55. The summed E-state index contributed by atoms with van der Waals surface area (Å²) >= 11 is 0. The van der Waals surface area contributed by atoms with E-state index in [-0.39, 0.29) is 23.1 Å². The van der Waals surface area contributed by atoms with E-state index in [4.69, 9.17) is 0 Å². The maximum atomic E-state index is 13.9. The average molecular weight is 380 g/mol. The lowest BCUT2D eigenvalue weighted by Crippen LogP contribution is -2.33. The van der Waals surface area contributed by atoms with Crippen molar-refractivity contribution < 1.29 is 14.0 Å². The third-order valence-electron chi connectivity index (χ3n) is 4.97. The quantitative estimate of drug-likeness (QED) is 0.753. The molecule has 0 atom stereocenters. The van der Waals surface area contributed by atoms with Crippen LogP contribution >= 0.6 is 0 Å². The third kappa shape index (κ3) is 3.47. The molecule has 0 aliphatic carbocycles. The van der Waals surface area contributed by atoms with E-state index in [9.17, 15) is 14.0 Å². The molecule has 0 bridgehead atoms. The summed E-state index contributed by atoms with van der Waals surface area (Å²) in [5.74, 6) is -1.06. The van der Waals surface area contributed by atoms with Crippen molar-refractivity contribution in [1.82, 2.24) is 14.3 Å². The summed E-state index contributed by atoms with van der Waals surface area (Å²) in [4.78, 5) is 32.0. The fourth-order valence-electron chi connectivity index (χ4n) is 3.52. The van der Waals surface area contributed by atoms with Crippen molar-refractivity contribution in [2.24, 2.45) is 0 Å². The van der Waals surface area contributed by atoms with Crippen LogP contribution in [0.25, 0.3) is 5.52 Å². The van der Waals surface area contributed by atoms with Crippen molar-refractivity contribution in [3.05, 3.63) is 66.0 Å². The number of carbonyl (C=O) groups excluding carboxylic acids is 2. The molecule has 0 saturated carbocycles. The van der Waals surface area contributed by atoms with E-state index in [0.717, 1.165) is 25.7 Å². The van der Waals surface area contributed by atoms with Crippen LogP contribution in [0.4, 0.5) is 10.1 Å². The van der Waals surface area contributed by atoms with Crippen molar-refractivity contribution in [2.45, 2.75) is 25.7 Å². The van der Waals surface area contributed by atoms with Crippen LogP contribution in [0.5, 0.6) is 0 Å². The number of rotatable bonds is 3. The highest BCUT2D eigenvalue weighted by atomic mass is 19.1. The Morgan fingerprint density at radius 1 is 0.964 bits per heavy atom. The minimum atomic E-state index is -0.552. The van der Waals surface area contributed by atoms with E-state index in [0.29, 0.717) is 18.6 Å². The van der Waals surface area contributed by atoms with Gasteiger partial charge in [-0.15, -0.1) is 0 Å². The van der Waals surface area contributed by atoms with E-state index in [1.54, 1.807) is 45.8 Å². The second kappa shape index (κ2) is 7.80. The summed E-state index contributed by atoms with van der Waals surface area (Å²) in [6.45, 7) is 1.38. The maximum absolute atomic E-state index is 13.9. The SMILES string of the molecule is O=C(Nc1ccccc1F)c1nc(C(=O)N2CCCCCC2)n2ccccc12. The van der Waals surface area contributed by atoms with Gasteiger partial charge in [0.05, 0.1) is 11.2 Å². The molecule has 0 radical (unpaired) electrons. The highest BCUT2D eigenvalue weighted by Crippen LogP contribution is 2.20. The number of hydrogen-bond acceptors (Lipinski definition) is 3. The Kier molecular flexibility index (Phi) is 5.06. The third-order valence-corrected chi connectivity index (χ3v) is 4.97. The van der Waals surface area contributed by atoms with Crippen LogP contribution in [0.3, 0.4) is 0 Å². The number of aromatic nitrogens is 2. The molecule has 7 heteroatoms. The molecule has 3 aromatic rings. The number of hydrogen-bond donors (Lipinski definition) is 1. The zero-order chi connectivity index (χ0) is 19.5. The monoisotopic (exact) mass is 380 g/mol. The Morgan fingerprint density at radius 3 is 2.43 bits per heavy atom. The molecule has 3 heterocycles. The summed E-state index contributed by atoms with van der Waals surface area (Å²) in [7, 11) is 0. The molecule has 28 heavy (non-hydrogen) atoms. The highest BCUT2D eigenvalue weighted by molar-refractivity contribution is 6.09. The number of anilines is 1. The first-order valence-corrected chi connectivity index (χ1v) is 9.47. The number of amides is 2. The second-order valence-electron chi connectivity index (χ2n) is 6.88. The van der Waals surface area contributed by atoms with E-state index < -0.39 is 11.7 Å². The van der Waals surface area contributed by atoms with E-state index in [2.05, 4.69) is 10.3 Å². The Labute approximate surface area is 162 Å². The fourth-order valence-corrected chi connectivity index (χ4v) is 3.52. The van der Waals surface area contributed by atoms with Gasteiger partial charge in [0.1, 0.15) is 5.82 Å². The van der Waals surface area contributed by atoms with Crippen LogP contribution in [0, 0.1) is 5.82 Å². The van der Waals surface area contributed by atoms with Crippen LogP contribution in [0.1, 0.15) is 46.8 Å². The second-order valence-corrected chi connectivity index (χ2v) is 6.88. The first-order chi connectivity index (χ1) is 13.6. The molecule has 1 fully saturated rings. The van der Waals surface area contributed by atoms with Gasteiger partial charge in [-0.1, -0.05) is 31.0 Å². The first-order valence-electron chi connectivity index (χ1n) is 9.47. The predicted octanol–water partition coefficient (Wildman–Crippen LogP) is 3.74. The molecule has 1 N–H and O–H groups in total. The number of carbonyl (C=O) groups is 2. The predicted molar refractivity (Wildman–Crippen MR) is 104 cm³/mol. The maximum Gasteiger partial charge on any atom is 0.290 e. The number of pyridine rings is 1. The number of benzene rings is 1. The molecule has 6 nitrogen and oxygen atoms in total. The van der Waals surface area contributed by atoms with Crippen molar-refractivity contribution in [2.75, 3.05) is 18.4 Å². The van der Waals surface area contributed by atoms with Crippen molar-refractivity contribution in [3.8, 4) is 0 Å². The number of likely N-dealkylation sites (tertiary alicyclic amines) is 1. The summed E-state index contributed by atoms with van der Waals surface area (Å²) in [6, 6.07) is 11.2. The molecule has 2 aromatic heterocycles. The minimum Gasteiger partial charge on any atom is -0.336 e. The molecular weight excluding hydrogens is 359 g/mol. The van der Waals surface area contributed by atoms with Crippen molar-refractivity contribution in [3.63, 3.8) is 0 Å². The summed E-state index contributed by atoms with van der Waals surface area (Å²) in [6.07, 6.45) is 5.88. The molecule has 144 valence electrons. The molecule has 0 unspecified atom stereocenters. The highest BCUT2D eigenvalue weighted by Gasteiger charge is 2.26. The van der Waals surface area contributed by atoms with Gasteiger partial charge in [0.2, 0.25) is 5.82 Å².